The van der Waals surface area contributed by atoms with E-state index < -0.39 is 21.2 Å². The molecule has 2 aromatic rings. The van der Waals surface area contributed by atoms with E-state index in [0.29, 0.717) is 0 Å². The average molecular weight is 310 g/mol. The minimum Gasteiger partial charge on any atom is -0.506 e. The van der Waals surface area contributed by atoms with E-state index in [2.05, 4.69) is 5.32 Å². The summed E-state index contributed by atoms with van der Waals surface area (Å²) in [6.45, 7) is 0. The fourth-order valence-corrected chi connectivity index (χ4v) is 1.92. The smallest absolute Gasteiger partial charge is 0.301 e. The van der Waals surface area contributed by atoms with Gasteiger partial charge in [0.1, 0.15) is 5.75 Å². The highest BCUT2D eigenvalue weighted by atomic mass is 35.5. The molecule has 0 atom stereocenters. The van der Waals surface area contributed by atoms with Crippen LogP contribution >= 0.6 is 11.6 Å². The molecule has 0 heterocycles. The van der Waals surface area contributed by atoms with Crippen LogP contribution in [0.15, 0.2) is 36.4 Å². The second kappa shape index (κ2) is 5.63. The zero-order valence-corrected chi connectivity index (χ0v) is 11.1. The molecule has 0 aromatic heterocycles. The number of rotatable bonds is 4. The van der Waals surface area contributed by atoms with Gasteiger partial charge in [0.15, 0.2) is 5.69 Å². The molecule has 2 aromatic carbocycles. The third-order valence-electron chi connectivity index (χ3n) is 2.62. The Labute approximate surface area is 122 Å². The summed E-state index contributed by atoms with van der Waals surface area (Å²) in [7, 11) is 0. The summed E-state index contributed by atoms with van der Waals surface area (Å²) in [6, 6.07) is 7.88. The highest BCUT2D eigenvalue weighted by Crippen LogP contribution is 2.40. The summed E-state index contributed by atoms with van der Waals surface area (Å²) in [4.78, 5) is 20.5. The van der Waals surface area contributed by atoms with Gasteiger partial charge in [-0.05, 0) is 12.1 Å². The van der Waals surface area contributed by atoms with Crippen molar-refractivity contribution in [2.24, 2.45) is 0 Å². The quantitative estimate of drug-likeness (QED) is 0.506. The third-order valence-corrected chi connectivity index (χ3v) is 2.84. The number of nitro benzene ring substituents is 2. The van der Waals surface area contributed by atoms with Gasteiger partial charge in [0, 0.05) is 12.1 Å². The lowest BCUT2D eigenvalue weighted by Crippen LogP contribution is -2.02. The van der Waals surface area contributed by atoms with Crippen molar-refractivity contribution in [3.8, 4) is 5.75 Å². The number of nitrogens with one attached hydrogen (secondary N) is 1. The molecular weight excluding hydrogens is 302 g/mol. The standard InChI is InChI=1S/C12H8ClN3O5/c13-7-5-9(15(18)19)12(10(6-7)16(20)21)14-8-3-1-2-4-11(8)17/h1-6,14,17H. The number of aromatic hydroxyl groups is 1. The fourth-order valence-electron chi connectivity index (χ4n) is 1.71. The van der Waals surface area contributed by atoms with Crippen molar-refractivity contribution in [2.45, 2.75) is 0 Å². The molecule has 0 aliphatic carbocycles. The molecule has 8 nitrogen and oxygen atoms in total. The molecule has 9 heteroatoms. The first kappa shape index (κ1) is 14.5. The molecule has 21 heavy (non-hydrogen) atoms. The number of nitro groups is 2. The van der Waals surface area contributed by atoms with Gasteiger partial charge >= 0.3 is 11.4 Å². The number of para-hydroxylation sites is 2. The molecule has 108 valence electrons. The average Bonchev–Trinajstić information content (AvgIpc) is 2.42. The molecule has 0 fully saturated rings. The first-order valence-electron chi connectivity index (χ1n) is 5.57. The third kappa shape index (κ3) is 3.00. The first-order chi connectivity index (χ1) is 9.90. The fraction of sp³-hybridized carbons (Fsp3) is 0. The lowest BCUT2D eigenvalue weighted by Gasteiger charge is -2.09. The number of hydrogen-bond acceptors (Lipinski definition) is 6. The van der Waals surface area contributed by atoms with Gasteiger partial charge < -0.3 is 10.4 Å². The van der Waals surface area contributed by atoms with Crippen LogP contribution < -0.4 is 5.32 Å². The molecule has 0 bridgehead atoms. The van der Waals surface area contributed by atoms with Crippen molar-refractivity contribution in [3.05, 3.63) is 61.6 Å². The Kier molecular flexibility index (Phi) is 3.90. The molecular formula is C12H8ClN3O5. The van der Waals surface area contributed by atoms with Gasteiger partial charge in [0.05, 0.1) is 20.6 Å². The minimum atomic E-state index is -0.790. The van der Waals surface area contributed by atoms with Gasteiger partial charge in [-0.15, -0.1) is 0 Å². The minimum absolute atomic E-state index is 0.103. The van der Waals surface area contributed by atoms with E-state index in [9.17, 15) is 25.3 Å². The zero-order valence-electron chi connectivity index (χ0n) is 10.3. The predicted molar refractivity (Wildman–Crippen MR) is 76.2 cm³/mol. The molecule has 0 saturated heterocycles. The summed E-state index contributed by atoms with van der Waals surface area (Å²) in [5.74, 6) is -0.198. The Bertz CT molecular complexity index is 700. The van der Waals surface area contributed by atoms with Crippen LogP contribution in [-0.4, -0.2) is 15.0 Å². The van der Waals surface area contributed by atoms with Crippen molar-refractivity contribution in [2.75, 3.05) is 5.32 Å². The first-order valence-corrected chi connectivity index (χ1v) is 5.95. The highest BCUT2D eigenvalue weighted by molar-refractivity contribution is 6.31. The van der Waals surface area contributed by atoms with Crippen LogP contribution in [0.4, 0.5) is 22.7 Å². The van der Waals surface area contributed by atoms with Crippen LogP contribution in [0, 0.1) is 20.2 Å². The number of phenolic OH excluding ortho intramolecular Hbond substituents is 1. The molecule has 0 aliphatic heterocycles. The second-order valence-electron chi connectivity index (χ2n) is 3.98. The maximum atomic E-state index is 11.0. The number of hydrogen-bond donors (Lipinski definition) is 2. The Morgan fingerprint density at radius 2 is 1.57 bits per heavy atom. The summed E-state index contributed by atoms with van der Waals surface area (Å²) >= 11 is 5.66. The van der Waals surface area contributed by atoms with E-state index in [1.807, 2.05) is 0 Å². The SMILES string of the molecule is O=[N+]([O-])c1cc(Cl)cc([N+](=O)[O-])c1Nc1ccccc1O. The molecule has 0 spiro atoms. The van der Waals surface area contributed by atoms with Gasteiger partial charge in [-0.1, -0.05) is 23.7 Å². The van der Waals surface area contributed by atoms with Crippen LogP contribution in [-0.2, 0) is 0 Å². The molecule has 0 saturated carbocycles. The van der Waals surface area contributed by atoms with Crippen LogP contribution in [0.2, 0.25) is 5.02 Å². The summed E-state index contributed by atoms with van der Waals surface area (Å²) < 4.78 is 0. The van der Waals surface area contributed by atoms with E-state index in [1.54, 1.807) is 12.1 Å². The Hall–Kier alpha value is -2.87. The molecule has 0 amide bonds. The predicted octanol–water partition coefficient (Wildman–Crippen LogP) is 3.61. The Morgan fingerprint density at radius 1 is 1.05 bits per heavy atom. The lowest BCUT2D eigenvalue weighted by atomic mass is 10.2. The number of phenols is 1. The van der Waals surface area contributed by atoms with Crippen LogP contribution in [0.3, 0.4) is 0 Å². The molecule has 2 N–H and O–H groups in total. The van der Waals surface area contributed by atoms with E-state index >= 15 is 0 Å². The number of nitrogens with zero attached hydrogens (tertiary/aromatic N) is 2. The topological polar surface area (TPSA) is 119 Å². The summed E-state index contributed by atoms with van der Waals surface area (Å²) in [5, 5.41) is 34.1. The van der Waals surface area contributed by atoms with Crippen LogP contribution in [0.25, 0.3) is 0 Å². The maximum absolute atomic E-state index is 11.0. The van der Waals surface area contributed by atoms with Crippen LogP contribution in [0.1, 0.15) is 0 Å². The monoisotopic (exact) mass is 309 g/mol. The van der Waals surface area contributed by atoms with E-state index in [4.69, 9.17) is 11.6 Å². The van der Waals surface area contributed by atoms with Crippen LogP contribution in [0.5, 0.6) is 5.75 Å². The van der Waals surface area contributed by atoms with Crippen molar-refractivity contribution < 1.29 is 15.0 Å². The highest BCUT2D eigenvalue weighted by Gasteiger charge is 2.27. The number of halogens is 1. The largest absolute Gasteiger partial charge is 0.506 e. The lowest BCUT2D eigenvalue weighted by molar-refractivity contribution is -0.392. The second-order valence-corrected chi connectivity index (χ2v) is 4.41. The van der Waals surface area contributed by atoms with Crippen molar-refractivity contribution in [1.29, 1.82) is 0 Å². The van der Waals surface area contributed by atoms with Crippen molar-refractivity contribution in [1.82, 2.24) is 0 Å². The van der Waals surface area contributed by atoms with E-state index in [1.165, 1.54) is 12.1 Å². The molecule has 0 aliphatic rings. The van der Waals surface area contributed by atoms with Crippen molar-refractivity contribution >= 4 is 34.4 Å². The van der Waals surface area contributed by atoms with Gasteiger partial charge in [-0.3, -0.25) is 20.2 Å². The van der Waals surface area contributed by atoms with Gasteiger partial charge in [-0.2, -0.15) is 0 Å². The summed E-state index contributed by atoms with van der Waals surface area (Å²) in [6.07, 6.45) is 0. The van der Waals surface area contributed by atoms with Gasteiger partial charge in [-0.25, -0.2) is 0 Å². The maximum Gasteiger partial charge on any atom is 0.301 e. The molecule has 2 rings (SSSR count). The number of benzene rings is 2. The van der Waals surface area contributed by atoms with E-state index in [-0.39, 0.29) is 22.1 Å². The van der Waals surface area contributed by atoms with E-state index in [0.717, 1.165) is 12.1 Å². The zero-order chi connectivity index (χ0) is 15.6. The number of anilines is 2. The Balaban J connectivity index is 2.63. The molecule has 0 radical (unpaired) electrons. The van der Waals surface area contributed by atoms with Crippen molar-refractivity contribution in [3.63, 3.8) is 0 Å². The summed E-state index contributed by atoms with van der Waals surface area (Å²) in [5.41, 5.74) is -1.36. The van der Waals surface area contributed by atoms with Gasteiger partial charge in [0.2, 0.25) is 0 Å². The normalized spacial score (nSPS) is 10.1. The Morgan fingerprint density at radius 3 is 2.05 bits per heavy atom. The van der Waals surface area contributed by atoms with Gasteiger partial charge in [0.25, 0.3) is 0 Å². The molecule has 0 unspecified atom stereocenters.